The summed E-state index contributed by atoms with van der Waals surface area (Å²) in [7, 11) is 0. The molecular formula is C9H18O2. The molecule has 0 amide bonds. The highest BCUT2D eigenvalue weighted by Crippen LogP contribution is 2.43. The van der Waals surface area contributed by atoms with Crippen LogP contribution in [-0.2, 0) is 4.74 Å². The van der Waals surface area contributed by atoms with Gasteiger partial charge in [0.1, 0.15) is 6.10 Å². The van der Waals surface area contributed by atoms with E-state index >= 15 is 0 Å². The van der Waals surface area contributed by atoms with Gasteiger partial charge < -0.3 is 9.84 Å². The van der Waals surface area contributed by atoms with Crippen molar-refractivity contribution in [1.29, 1.82) is 0 Å². The first-order chi connectivity index (χ1) is 5.18. The number of epoxide rings is 1. The maximum atomic E-state index is 8.81. The Morgan fingerprint density at radius 1 is 1.36 bits per heavy atom. The van der Waals surface area contributed by atoms with Crippen LogP contribution in [0.1, 0.15) is 33.6 Å². The summed E-state index contributed by atoms with van der Waals surface area (Å²) in [5.74, 6) is 0. The molecule has 0 bridgehead atoms. The van der Waals surface area contributed by atoms with E-state index in [4.69, 9.17) is 9.84 Å². The average Bonchev–Trinajstić information content (AvgIpc) is 2.82. The molecule has 2 atom stereocenters. The molecule has 0 aromatic carbocycles. The number of rotatable bonds is 4. The highest BCUT2D eigenvalue weighted by molar-refractivity contribution is 4.96. The van der Waals surface area contributed by atoms with Gasteiger partial charge in [0, 0.05) is 0 Å². The Morgan fingerprint density at radius 2 is 1.91 bits per heavy atom. The molecule has 66 valence electrons. The molecule has 0 aliphatic carbocycles. The molecule has 2 heteroatoms. The van der Waals surface area contributed by atoms with E-state index in [9.17, 15) is 0 Å². The summed E-state index contributed by atoms with van der Waals surface area (Å²) in [6, 6.07) is 0. The lowest BCUT2D eigenvalue weighted by molar-refractivity contribution is 0.198. The first-order valence-electron chi connectivity index (χ1n) is 4.44. The standard InChI is InChI=1S/C9H18O2/c1-4-9(3,5-2)8-7(6-10)11-8/h7-8,10H,4-6H2,1-3H3. The zero-order valence-electron chi connectivity index (χ0n) is 7.63. The minimum atomic E-state index is 0.125. The van der Waals surface area contributed by atoms with E-state index in [-0.39, 0.29) is 18.1 Å². The summed E-state index contributed by atoms with van der Waals surface area (Å²) in [5, 5.41) is 8.81. The fraction of sp³-hybridized carbons (Fsp3) is 1.00. The van der Waals surface area contributed by atoms with Crippen molar-refractivity contribution in [2.75, 3.05) is 6.61 Å². The second kappa shape index (κ2) is 3.11. The van der Waals surface area contributed by atoms with Crippen molar-refractivity contribution in [2.45, 2.75) is 45.8 Å². The molecule has 0 aromatic rings. The topological polar surface area (TPSA) is 32.8 Å². The maximum absolute atomic E-state index is 8.81. The molecule has 1 saturated heterocycles. The molecule has 1 rings (SSSR count). The van der Waals surface area contributed by atoms with E-state index in [1.807, 2.05) is 0 Å². The van der Waals surface area contributed by atoms with Gasteiger partial charge in [-0.1, -0.05) is 20.8 Å². The summed E-state index contributed by atoms with van der Waals surface area (Å²) in [5.41, 5.74) is 0.285. The van der Waals surface area contributed by atoms with Crippen LogP contribution >= 0.6 is 0 Å². The molecule has 0 spiro atoms. The molecule has 2 nitrogen and oxygen atoms in total. The minimum absolute atomic E-state index is 0.125. The van der Waals surface area contributed by atoms with Crippen LogP contribution in [0.2, 0.25) is 0 Å². The second-order valence-corrected chi connectivity index (χ2v) is 3.64. The molecule has 1 N–H and O–H groups in total. The van der Waals surface area contributed by atoms with E-state index in [1.54, 1.807) is 0 Å². The van der Waals surface area contributed by atoms with Gasteiger partial charge in [0.2, 0.25) is 0 Å². The lowest BCUT2D eigenvalue weighted by atomic mass is 9.80. The fourth-order valence-corrected chi connectivity index (χ4v) is 1.55. The monoisotopic (exact) mass is 158 g/mol. The van der Waals surface area contributed by atoms with E-state index in [2.05, 4.69) is 20.8 Å². The van der Waals surface area contributed by atoms with E-state index < -0.39 is 0 Å². The molecule has 2 unspecified atom stereocenters. The van der Waals surface area contributed by atoms with Crippen LogP contribution < -0.4 is 0 Å². The van der Waals surface area contributed by atoms with Crippen LogP contribution in [0.5, 0.6) is 0 Å². The third-order valence-electron chi connectivity index (χ3n) is 3.06. The smallest absolute Gasteiger partial charge is 0.108 e. The molecule has 0 radical (unpaired) electrons. The summed E-state index contributed by atoms with van der Waals surface area (Å²) in [6.45, 7) is 6.77. The Morgan fingerprint density at radius 3 is 2.18 bits per heavy atom. The Labute approximate surface area is 68.6 Å². The molecule has 0 saturated carbocycles. The van der Waals surface area contributed by atoms with Crippen molar-refractivity contribution in [3.8, 4) is 0 Å². The van der Waals surface area contributed by atoms with Crippen LogP contribution in [0.15, 0.2) is 0 Å². The number of hydrogen-bond donors (Lipinski definition) is 1. The van der Waals surface area contributed by atoms with Gasteiger partial charge in [0.25, 0.3) is 0 Å². The Balaban J connectivity index is 2.45. The molecule has 1 aliphatic heterocycles. The normalized spacial score (nSPS) is 30.5. The first-order valence-corrected chi connectivity index (χ1v) is 4.44. The summed E-state index contributed by atoms with van der Waals surface area (Å²) in [4.78, 5) is 0. The van der Waals surface area contributed by atoms with Crippen LogP contribution in [0, 0.1) is 5.41 Å². The van der Waals surface area contributed by atoms with Gasteiger partial charge in [-0.2, -0.15) is 0 Å². The predicted molar refractivity (Wildman–Crippen MR) is 44.4 cm³/mol. The van der Waals surface area contributed by atoms with E-state index in [0.717, 1.165) is 12.8 Å². The van der Waals surface area contributed by atoms with Gasteiger partial charge in [-0.05, 0) is 18.3 Å². The predicted octanol–water partition coefficient (Wildman–Crippen LogP) is 1.57. The van der Waals surface area contributed by atoms with Crippen molar-refractivity contribution in [3.05, 3.63) is 0 Å². The van der Waals surface area contributed by atoms with Gasteiger partial charge in [0.05, 0.1) is 12.7 Å². The van der Waals surface area contributed by atoms with Crippen molar-refractivity contribution in [3.63, 3.8) is 0 Å². The quantitative estimate of drug-likeness (QED) is 0.630. The lowest BCUT2D eigenvalue weighted by Gasteiger charge is -2.24. The fourth-order valence-electron chi connectivity index (χ4n) is 1.55. The first kappa shape index (κ1) is 9.01. The lowest BCUT2D eigenvalue weighted by Crippen LogP contribution is -2.24. The summed E-state index contributed by atoms with van der Waals surface area (Å²) >= 11 is 0. The molecule has 1 aliphatic rings. The van der Waals surface area contributed by atoms with Crippen molar-refractivity contribution in [2.24, 2.45) is 5.41 Å². The third kappa shape index (κ3) is 1.57. The number of hydrogen-bond acceptors (Lipinski definition) is 2. The molecule has 1 heterocycles. The zero-order valence-corrected chi connectivity index (χ0v) is 7.63. The number of aliphatic hydroxyl groups is 1. The Kier molecular flexibility index (Phi) is 2.55. The van der Waals surface area contributed by atoms with E-state index in [0.29, 0.717) is 6.10 Å². The van der Waals surface area contributed by atoms with Crippen molar-refractivity contribution in [1.82, 2.24) is 0 Å². The molecule has 11 heavy (non-hydrogen) atoms. The van der Waals surface area contributed by atoms with Crippen LogP contribution in [0.4, 0.5) is 0 Å². The van der Waals surface area contributed by atoms with Crippen molar-refractivity contribution < 1.29 is 9.84 Å². The zero-order chi connectivity index (χ0) is 8.48. The van der Waals surface area contributed by atoms with Gasteiger partial charge in [0.15, 0.2) is 0 Å². The summed E-state index contributed by atoms with van der Waals surface area (Å²) < 4.78 is 5.36. The number of aliphatic hydroxyl groups excluding tert-OH is 1. The van der Waals surface area contributed by atoms with Gasteiger partial charge in [-0.25, -0.2) is 0 Å². The number of ether oxygens (including phenoxy) is 1. The molecule has 0 aromatic heterocycles. The van der Waals surface area contributed by atoms with Gasteiger partial charge >= 0.3 is 0 Å². The van der Waals surface area contributed by atoms with Crippen LogP contribution in [-0.4, -0.2) is 23.9 Å². The maximum Gasteiger partial charge on any atom is 0.108 e. The van der Waals surface area contributed by atoms with E-state index in [1.165, 1.54) is 0 Å². The van der Waals surface area contributed by atoms with Gasteiger partial charge in [-0.3, -0.25) is 0 Å². The Hall–Kier alpha value is -0.0800. The third-order valence-corrected chi connectivity index (χ3v) is 3.06. The van der Waals surface area contributed by atoms with Gasteiger partial charge in [-0.15, -0.1) is 0 Å². The highest BCUT2D eigenvalue weighted by Gasteiger charge is 2.49. The van der Waals surface area contributed by atoms with Crippen LogP contribution in [0.3, 0.4) is 0 Å². The van der Waals surface area contributed by atoms with Crippen LogP contribution in [0.25, 0.3) is 0 Å². The van der Waals surface area contributed by atoms with Crippen molar-refractivity contribution >= 4 is 0 Å². The molecule has 1 fully saturated rings. The largest absolute Gasteiger partial charge is 0.394 e. The highest BCUT2D eigenvalue weighted by atomic mass is 16.6. The Bertz CT molecular complexity index is 130. The second-order valence-electron chi connectivity index (χ2n) is 3.64. The minimum Gasteiger partial charge on any atom is -0.394 e. The SMILES string of the molecule is CCC(C)(CC)C1OC1CO. The average molecular weight is 158 g/mol. The molecular weight excluding hydrogens is 140 g/mol. The summed E-state index contributed by atoms with van der Waals surface area (Å²) in [6.07, 6.45) is 2.69.